The van der Waals surface area contributed by atoms with Gasteiger partial charge in [0.2, 0.25) is 5.91 Å². The van der Waals surface area contributed by atoms with E-state index >= 15 is 0 Å². The van der Waals surface area contributed by atoms with E-state index in [1.165, 1.54) is 36.1 Å². The zero-order chi connectivity index (χ0) is 21.5. The molecule has 1 aliphatic rings. The summed E-state index contributed by atoms with van der Waals surface area (Å²) in [6.45, 7) is 3.65. The monoisotopic (exact) mass is 412 g/mol. The predicted octanol–water partition coefficient (Wildman–Crippen LogP) is 6.22. The lowest BCUT2D eigenvalue weighted by atomic mass is 9.94. The maximum Gasteiger partial charge on any atom is 0.247 e. The van der Waals surface area contributed by atoms with Gasteiger partial charge < -0.3 is 9.47 Å². The lowest BCUT2D eigenvalue weighted by Crippen LogP contribution is -2.40. The summed E-state index contributed by atoms with van der Waals surface area (Å²) in [6, 6.07) is 23.2. The molecule has 31 heavy (non-hydrogen) atoms. The first-order chi connectivity index (χ1) is 15.2. The van der Waals surface area contributed by atoms with E-state index in [1.807, 2.05) is 36.4 Å². The van der Waals surface area contributed by atoms with Gasteiger partial charge in [-0.15, -0.1) is 0 Å². The Bertz CT molecular complexity index is 1010. The molecule has 3 aromatic rings. The maximum absolute atomic E-state index is 13.3. The third-order valence-electron chi connectivity index (χ3n) is 6.37. The zero-order valence-electron chi connectivity index (χ0n) is 18.4. The van der Waals surface area contributed by atoms with E-state index < -0.39 is 0 Å². The summed E-state index contributed by atoms with van der Waals surface area (Å²) in [4.78, 5) is 15.4. The van der Waals surface area contributed by atoms with Gasteiger partial charge in [-0.25, -0.2) is 0 Å². The highest BCUT2D eigenvalue weighted by Crippen LogP contribution is 2.25. The molecule has 1 amide bonds. The molecule has 0 aliphatic heterocycles. The molecule has 0 saturated heterocycles. The molecule has 1 heterocycles. The summed E-state index contributed by atoms with van der Waals surface area (Å²) in [5.74, 6) is 0.111. The molecule has 0 atom stereocenters. The highest BCUT2D eigenvalue weighted by Gasteiger charge is 2.25. The first-order valence-electron chi connectivity index (χ1n) is 11.4. The van der Waals surface area contributed by atoms with Crippen molar-refractivity contribution in [2.24, 2.45) is 0 Å². The summed E-state index contributed by atoms with van der Waals surface area (Å²) in [7, 11) is 0. The molecule has 3 nitrogen and oxygen atoms in total. The van der Waals surface area contributed by atoms with Crippen LogP contribution < -0.4 is 0 Å². The van der Waals surface area contributed by atoms with Gasteiger partial charge in [0.15, 0.2) is 0 Å². The molecule has 0 radical (unpaired) electrons. The molecule has 3 heteroatoms. The molecule has 1 aromatic heterocycles. The minimum Gasteiger partial charge on any atom is -0.345 e. The van der Waals surface area contributed by atoms with E-state index in [0.29, 0.717) is 12.6 Å². The Morgan fingerprint density at radius 3 is 2.48 bits per heavy atom. The van der Waals surface area contributed by atoms with E-state index in [1.54, 1.807) is 6.08 Å². The van der Waals surface area contributed by atoms with Crippen LogP contribution in [0.25, 0.3) is 6.08 Å². The van der Waals surface area contributed by atoms with Crippen molar-refractivity contribution in [3.63, 3.8) is 0 Å². The molecule has 0 bridgehead atoms. The van der Waals surface area contributed by atoms with Crippen LogP contribution in [0.5, 0.6) is 0 Å². The standard InChI is InChI=1S/C28H32N2O/c1-23-11-8-9-14-25(23)21-29-20-10-17-27(29)22-30(26-15-6-3-7-16-26)28(31)19-18-24-12-4-2-5-13-24/h2,4-5,8-14,17-20,26H,3,6-7,15-16,21-22H2,1H3/b19-18+. The van der Waals surface area contributed by atoms with Crippen LogP contribution in [0.3, 0.4) is 0 Å². The Kier molecular flexibility index (Phi) is 7.03. The molecule has 0 spiro atoms. The van der Waals surface area contributed by atoms with E-state index in [9.17, 15) is 4.79 Å². The fraction of sp³-hybridized carbons (Fsp3) is 0.321. The number of hydrogen-bond donors (Lipinski definition) is 0. The second-order valence-corrected chi connectivity index (χ2v) is 8.56. The number of amides is 1. The molecular formula is C28H32N2O. The van der Waals surface area contributed by atoms with Crippen LogP contribution in [0, 0.1) is 6.92 Å². The number of aryl methyl sites for hydroxylation is 1. The second-order valence-electron chi connectivity index (χ2n) is 8.56. The van der Waals surface area contributed by atoms with Gasteiger partial charge in [-0.3, -0.25) is 4.79 Å². The number of carbonyl (C=O) groups is 1. The smallest absolute Gasteiger partial charge is 0.247 e. The normalized spacial score (nSPS) is 14.7. The van der Waals surface area contributed by atoms with Gasteiger partial charge in [-0.1, -0.05) is 73.9 Å². The molecule has 4 rings (SSSR count). The third kappa shape index (κ3) is 5.55. The quantitative estimate of drug-likeness (QED) is 0.423. The van der Waals surface area contributed by atoms with Crippen molar-refractivity contribution in [1.29, 1.82) is 0 Å². The predicted molar refractivity (Wildman–Crippen MR) is 128 cm³/mol. The van der Waals surface area contributed by atoms with Crippen molar-refractivity contribution >= 4 is 12.0 Å². The maximum atomic E-state index is 13.3. The average molecular weight is 413 g/mol. The van der Waals surface area contributed by atoms with Gasteiger partial charge >= 0.3 is 0 Å². The van der Waals surface area contributed by atoms with E-state index in [0.717, 1.165) is 24.9 Å². The van der Waals surface area contributed by atoms with Crippen LogP contribution in [0.4, 0.5) is 0 Å². The SMILES string of the molecule is Cc1ccccc1Cn1cccc1CN(C(=O)/C=C/c1ccccc1)C1CCCCC1. The number of rotatable bonds is 7. The molecular weight excluding hydrogens is 380 g/mol. The summed E-state index contributed by atoms with van der Waals surface area (Å²) in [6.07, 6.45) is 11.7. The summed E-state index contributed by atoms with van der Waals surface area (Å²) >= 11 is 0. The molecule has 1 fully saturated rings. The largest absolute Gasteiger partial charge is 0.345 e. The number of benzene rings is 2. The molecule has 0 N–H and O–H groups in total. The van der Waals surface area contributed by atoms with Crippen molar-refractivity contribution in [2.45, 2.75) is 58.2 Å². The Morgan fingerprint density at radius 1 is 0.968 bits per heavy atom. The van der Waals surface area contributed by atoms with Crippen molar-refractivity contribution in [3.05, 3.63) is 101 Å². The van der Waals surface area contributed by atoms with Crippen molar-refractivity contribution in [1.82, 2.24) is 9.47 Å². The summed E-state index contributed by atoms with van der Waals surface area (Å²) in [5.41, 5.74) is 4.87. The van der Waals surface area contributed by atoms with Crippen molar-refractivity contribution in [3.8, 4) is 0 Å². The Hall–Kier alpha value is -3.07. The number of nitrogens with zero attached hydrogens (tertiary/aromatic N) is 2. The number of hydrogen-bond acceptors (Lipinski definition) is 1. The van der Waals surface area contributed by atoms with Gasteiger partial charge in [-0.05, 0) is 54.7 Å². The summed E-state index contributed by atoms with van der Waals surface area (Å²) in [5, 5.41) is 0. The summed E-state index contributed by atoms with van der Waals surface area (Å²) < 4.78 is 2.28. The Morgan fingerprint density at radius 2 is 1.71 bits per heavy atom. The van der Waals surface area contributed by atoms with Gasteiger partial charge in [0, 0.05) is 30.6 Å². The zero-order valence-corrected chi connectivity index (χ0v) is 18.4. The first-order valence-corrected chi connectivity index (χ1v) is 11.4. The van der Waals surface area contributed by atoms with Crippen molar-refractivity contribution in [2.75, 3.05) is 0 Å². The number of carbonyl (C=O) groups excluding carboxylic acids is 1. The van der Waals surface area contributed by atoms with Gasteiger partial charge in [0.1, 0.15) is 0 Å². The molecule has 1 saturated carbocycles. The lowest BCUT2D eigenvalue weighted by molar-refractivity contribution is -0.129. The van der Waals surface area contributed by atoms with E-state index in [-0.39, 0.29) is 5.91 Å². The molecule has 160 valence electrons. The first kappa shape index (κ1) is 21.2. The Balaban J connectivity index is 1.54. The van der Waals surface area contributed by atoms with Crippen molar-refractivity contribution < 1.29 is 4.79 Å². The van der Waals surface area contributed by atoms with Crippen LogP contribution in [-0.2, 0) is 17.9 Å². The minimum atomic E-state index is 0.111. The number of aromatic nitrogens is 1. The van der Waals surface area contributed by atoms with E-state index in [2.05, 4.69) is 59.0 Å². The molecule has 1 aliphatic carbocycles. The second kappa shape index (κ2) is 10.3. The Labute approximate surface area is 186 Å². The fourth-order valence-electron chi connectivity index (χ4n) is 4.50. The fourth-order valence-corrected chi connectivity index (χ4v) is 4.50. The highest BCUT2D eigenvalue weighted by atomic mass is 16.2. The minimum absolute atomic E-state index is 0.111. The van der Waals surface area contributed by atoms with Gasteiger partial charge in [0.05, 0.1) is 6.54 Å². The van der Waals surface area contributed by atoms with Crippen LogP contribution in [-0.4, -0.2) is 21.4 Å². The molecule has 2 aromatic carbocycles. The van der Waals surface area contributed by atoms with Gasteiger partial charge in [0.25, 0.3) is 0 Å². The average Bonchev–Trinajstić information content (AvgIpc) is 3.25. The van der Waals surface area contributed by atoms with E-state index in [4.69, 9.17) is 0 Å². The lowest BCUT2D eigenvalue weighted by Gasteiger charge is -2.34. The van der Waals surface area contributed by atoms with Gasteiger partial charge in [-0.2, -0.15) is 0 Å². The molecule has 0 unspecified atom stereocenters. The van der Waals surface area contributed by atoms with Crippen LogP contribution in [0.1, 0.15) is 54.5 Å². The highest BCUT2D eigenvalue weighted by molar-refractivity contribution is 5.92. The third-order valence-corrected chi connectivity index (χ3v) is 6.37. The van der Waals surface area contributed by atoms with Crippen LogP contribution >= 0.6 is 0 Å². The topological polar surface area (TPSA) is 25.2 Å². The van der Waals surface area contributed by atoms with Crippen LogP contribution in [0.2, 0.25) is 0 Å². The van der Waals surface area contributed by atoms with Crippen LogP contribution in [0.15, 0.2) is 79.0 Å².